The van der Waals surface area contributed by atoms with Gasteiger partial charge in [-0.1, -0.05) is 43.6 Å². The highest BCUT2D eigenvalue weighted by Gasteiger charge is 2.27. The number of carbonyl (C=O) groups excluding carboxylic acids is 3. The quantitative estimate of drug-likeness (QED) is 0.289. The summed E-state index contributed by atoms with van der Waals surface area (Å²) in [7, 11) is 0. The molecule has 0 aliphatic heterocycles. The summed E-state index contributed by atoms with van der Waals surface area (Å²) in [5.41, 5.74) is 3.02. The summed E-state index contributed by atoms with van der Waals surface area (Å²) in [6.07, 6.45) is 3.89. The first-order valence-corrected chi connectivity index (χ1v) is 14.1. The van der Waals surface area contributed by atoms with E-state index in [0.29, 0.717) is 41.0 Å². The summed E-state index contributed by atoms with van der Waals surface area (Å²) in [4.78, 5) is 52.8. The normalized spacial score (nSPS) is 14.1. The average molecular weight is 562 g/mol. The van der Waals surface area contributed by atoms with Gasteiger partial charge >= 0.3 is 5.97 Å². The minimum absolute atomic E-state index is 0.0529. The summed E-state index contributed by atoms with van der Waals surface area (Å²) in [5, 5.41) is 0.535. The van der Waals surface area contributed by atoms with Gasteiger partial charge in [-0.05, 0) is 92.5 Å². The zero-order chi connectivity index (χ0) is 29.2. The van der Waals surface area contributed by atoms with Crippen LogP contribution in [0.4, 0.5) is 0 Å². The zero-order valence-electron chi connectivity index (χ0n) is 23.8. The number of hydrogen-bond acceptors (Lipinski definition) is 5. The predicted molar refractivity (Wildman–Crippen MR) is 157 cm³/mol. The van der Waals surface area contributed by atoms with Crippen molar-refractivity contribution in [3.8, 4) is 11.1 Å². The molecular weight excluding hydrogens is 526 g/mol. The second-order valence-corrected chi connectivity index (χ2v) is 12.3. The smallest absolute Gasteiger partial charge is 0.338 e. The van der Waals surface area contributed by atoms with Crippen LogP contribution in [0.2, 0.25) is 5.02 Å². The molecule has 1 aliphatic carbocycles. The van der Waals surface area contributed by atoms with Gasteiger partial charge in [0, 0.05) is 35.7 Å². The molecule has 0 spiro atoms. The van der Waals surface area contributed by atoms with E-state index in [2.05, 4.69) is 0 Å². The summed E-state index contributed by atoms with van der Waals surface area (Å²) >= 11 is 6.29. The molecule has 1 aliphatic rings. The first kappa shape index (κ1) is 29.5. The molecule has 2 aromatic carbocycles. The predicted octanol–water partition coefficient (Wildman–Crippen LogP) is 7.04. The summed E-state index contributed by atoms with van der Waals surface area (Å²) in [6, 6.07) is 13.1. The molecule has 0 fully saturated rings. The Balaban J connectivity index is 1.68. The third-order valence-electron chi connectivity index (χ3n) is 6.96. The van der Waals surface area contributed by atoms with Crippen molar-refractivity contribution in [2.24, 2.45) is 5.92 Å². The molecule has 0 bridgehead atoms. The van der Waals surface area contributed by atoms with Crippen LogP contribution in [0.25, 0.3) is 11.1 Å². The monoisotopic (exact) mass is 561 g/mol. The van der Waals surface area contributed by atoms with E-state index in [1.807, 2.05) is 26.0 Å². The highest BCUT2D eigenvalue weighted by Crippen LogP contribution is 2.33. The molecule has 1 atom stereocenters. The number of aryl methyl sites for hydroxylation is 1. The van der Waals surface area contributed by atoms with Crippen LogP contribution in [-0.2, 0) is 22.4 Å². The molecule has 0 radical (unpaired) electrons. The minimum Gasteiger partial charge on any atom is -0.456 e. The minimum atomic E-state index is -0.736. The molecule has 0 amide bonds. The number of halogens is 1. The third kappa shape index (κ3) is 6.97. The molecule has 6 nitrogen and oxygen atoms in total. The number of aromatic nitrogens is 1. The Kier molecular flexibility index (Phi) is 8.79. The van der Waals surface area contributed by atoms with Gasteiger partial charge in [-0.2, -0.15) is 0 Å². The molecule has 1 aromatic heterocycles. The fourth-order valence-corrected chi connectivity index (χ4v) is 5.26. The lowest BCUT2D eigenvalue weighted by atomic mass is 9.88. The molecule has 7 heteroatoms. The van der Waals surface area contributed by atoms with E-state index in [-0.39, 0.29) is 29.5 Å². The molecule has 210 valence electrons. The topological polar surface area (TPSA) is 82.4 Å². The molecule has 40 heavy (non-hydrogen) atoms. The van der Waals surface area contributed by atoms with Crippen molar-refractivity contribution in [1.29, 1.82) is 0 Å². The lowest BCUT2D eigenvalue weighted by Crippen LogP contribution is -2.32. The van der Waals surface area contributed by atoms with Crippen molar-refractivity contribution in [1.82, 2.24) is 4.57 Å². The highest BCUT2D eigenvalue weighted by molar-refractivity contribution is 6.31. The molecule has 0 saturated heterocycles. The van der Waals surface area contributed by atoms with Gasteiger partial charge in [0.15, 0.2) is 11.6 Å². The Morgan fingerprint density at radius 3 is 2.30 bits per heavy atom. The van der Waals surface area contributed by atoms with E-state index in [1.54, 1.807) is 57.3 Å². The van der Waals surface area contributed by atoms with E-state index in [4.69, 9.17) is 16.3 Å². The summed E-state index contributed by atoms with van der Waals surface area (Å²) in [6.45, 7) is 9.41. The molecular formula is C33H36ClNO5. The van der Waals surface area contributed by atoms with Gasteiger partial charge < -0.3 is 9.30 Å². The number of Topliss-reactive ketones (excluding diaryl/α,β-unsaturated/α-hetero) is 2. The van der Waals surface area contributed by atoms with Crippen molar-refractivity contribution in [2.75, 3.05) is 0 Å². The second kappa shape index (κ2) is 11.9. The van der Waals surface area contributed by atoms with Crippen LogP contribution in [0.1, 0.15) is 91.8 Å². The van der Waals surface area contributed by atoms with Crippen LogP contribution in [0.15, 0.2) is 59.5 Å². The maximum absolute atomic E-state index is 13.7. The number of hydrogen-bond donors (Lipinski definition) is 0. The van der Waals surface area contributed by atoms with Crippen LogP contribution in [0.5, 0.6) is 0 Å². The number of nitrogens with zero attached hydrogens (tertiary/aromatic N) is 1. The van der Waals surface area contributed by atoms with Crippen molar-refractivity contribution in [2.45, 2.75) is 78.4 Å². The maximum Gasteiger partial charge on any atom is 0.338 e. The lowest BCUT2D eigenvalue weighted by Gasteiger charge is -2.24. The van der Waals surface area contributed by atoms with Crippen LogP contribution in [0.3, 0.4) is 0 Å². The number of benzene rings is 2. The maximum atomic E-state index is 13.7. The van der Waals surface area contributed by atoms with Crippen molar-refractivity contribution >= 4 is 29.1 Å². The molecule has 1 unspecified atom stereocenters. The summed E-state index contributed by atoms with van der Waals surface area (Å²) in [5.74, 6) is -0.485. The number of fused-ring (bicyclic) bond motifs is 3. The van der Waals surface area contributed by atoms with Gasteiger partial charge in [0.2, 0.25) is 0 Å². The molecule has 0 N–H and O–H groups in total. The van der Waals surface area contributed by atoms with Gasteiger partial charge in [0.1, 0.15) is 5.60 Å². The number of rotatable bonds is 7. The van der Waals surface area contributed by atoms with Crippen molar-refractivity contribution in [3.63, 3.8) is 0 Å². The lowest BCUT2D eigenvalue weighted by molar-refractivity contribution is -0.122. The number of ketones is 2. The van der Waals surface area contributed by atoms with Crippen LogP contribution >= 0.6 is 11.6 Å². The van der Waals surface area contributed by atoms with Crippen molar-refractivity contribution < 1.29 is 19.1 Å². The van der Waals surface area contributed by atoms with E-state index in [0.717, 1.165) is 23.1 Å². The SMILES string of the molecule is CC(C)CC(C(=O)Cc1ccc(C(=O)OC(C)(C)C)cc1)n1cc2c(cc1=O)-c1cc(Cl)ccc1CCCC2=O. The largest absolute Gasteiger partial charge is 0.456 e. The van der Waals surface area contributed by atoms with E-state index in [1.165, 1.54) is 10.6 Å². The van der Waals surface area contributed by atoms with Gasteiger partial charge in [-0.25, -0.2) is 4.79 Å². The fraction of sp³-hybridized carbons (Fsp3) is 0.394. The number of ether oxygens (including phenoxy) is 1. The first-order valence-electron chi connectivity index (χ1n) is 13.8. The number of esters is 1. The standard InChI is InChI=1S/C33H36ClNO5/c1-20(2)15-28(30(37)16-21-9-11-23(12-10-21)32(39)40-33(3,4)5)35-19-27-26(18-31(35)38)25-17-24(34)14-13-22(25)7-6-8-29(27)36/h9-14,17-20,28H,6-8,15-16H2,1-5H3. The summed E-state index contributed by atoms with van der Waals surface area (Å²) < 4.78 is 6.85. The van der Waals surface area contributed by atoms with Crippen LogP contribution in [0, 0.1) is 5.92 Å². The Morgan fingerprint density at radius 1 is 0.950 bits per heavy atom. The van der Waals surface area contributed by atoms with Crippen LogP contribution < -0.4 is 5.56 Å². The van der Waals surface area contributed by atoms with E-state index in [9.17, 15) is 19.2 Å². The van der Waals surface area contributed by atoms with Crippen LogP contribution in [-0.4, -0.2) is 27.7 Å². The molecule has 0 saturated carbocycles. The molecule has 3 aromatic rings. The van der Waals surface area contributed by atoms with Gasteiger partial charge in [0.05, 0.1) is 11.6 Å². The van der Waals surface area contributed by atoms with E-state index < -0.39 is 17.6 Å². The Labute approximate surface area is 240 Å². The molecule has 4 rings (SSSR count). The Morgan fingerprint density at radius 2 is 1.65 bits per heavy atom. The first-order chi connectivity index (χ1) is 18.8. The molecule has 1 heterocycles. The third-order valence-corrected chi connectivity index (χ3v) is 7.20. The second-order valence-electron chi connectivity index (χ2n) is 11.9. The van der Waals surface area contributed by atoms with Gasteiger partial charge in [-0.15, -0.1) is 0 Å². The van der Waals surface area contributed by atoms with Gasteiger partial charge in [0.25, 0.3) is 5.56 Å². The van der Waals surface area contributed by atoms with E-state index >= 15 is 0 Å². The van der Waals surface area contributed by atoms with Gasteiger partial charge in [-0.3, -0.25) is 14.4 Å². The fourth-order valence-electron chi connectivity index (χ4n) is 5.09. The number of carbonyl (C=O) groups is 3. The van der Waals surface area contributed by atoms with Crippen molar-refractivity contribution in [3.05, 3.63) is 92.4 Å². The highest BCUT2D eigenvalue weighted by atomic mass is 35.5. The number of pyridine rings is 1. The Bertz CT molecular complexity index is 1490. The Hall–Kier alpha value is -3.51. The average Bonchev–Trinajstić information content (AvgIpc) is 2.86. The zero-order valence-corrected chi connectivity index (χ0v) is 24.5.